The Morgan fingerprint density at radius 1 is 0.492 bits per heavy atom. The van der Waals surface area contributed by atoms with Crippen LogP contribution in [-0.4, -0.2) is 269 Å². The molecule has 0 radical (unpaired) electrons. The van der Waals surface area contributed by atoms with E-state index < -0.39 is 96.3 Å². The molecule has 0 unspecified atom stereocenters. The third kappa shape index (κ3) is 30.2. The van der Waals surface area contributed by atoms with E-state index in [1.165, 1.54) is 32.8 Å². The second kappa shape index (κ2) is 55.4. The summed E-state index contributed by atoms with van der Waals surface area (Å²) in [6.07, 6.45) is 19.0. The number of hydrogen-bond donors (Lipinski definition) is 4. The number of ether oxygens (including phenoxy) is 4. The summed E-state index contributed by atoms with van der Waals surface area (Å²) in [5, 5.41) is 26.3. The fourth-order valence-corrected chi connectivity index (χ4v) is 21.9. The van der Waals surface area contributed by atoms with Crippen molar-refractivity contribution >= 4 is 82.4 Å². The number of hydrogen-bond acceptors (Lipinski definition) is 18. The number of carboxylic acids is 2. The highest BCUT2D eigenvalue weighted by Crippen LogP contribution is 2.45. The van der Waals surface area contributed by atoms with E-state index in [1.54, 1.807) is 66.7 Å². The average Bonchev–Trinajstić information content (AvgIpc) is 1.61. The summed E-state index contributed by atoms with van der Waals surface area (Å²) in [5.41, 5.74) is 1.69. The number of methoxy groups -OCH3 is 4. The van der Waals surface area contributed by atoms with E-state index in [1.807, 2.05) is 121 Å². The molecule has 22 atom stereocenters. The van der Waals surface area contributed by atoms with Gasteiger partial charge in [-0.3, -0.25) is 62.4 Å². The molecule has 4 saturated heterocycles. The number of carbonyl (C=O) groups is 12. The maximum atomic E-state index is 14.6. The van der Waals surface area contributed by atoms with E-state index >= 15 is 0 Å². The zero-order valence-corrected chi connectivity index (χ0v) is 80.3. The molecule has 8 rings (SSSR count). The maximum absolute atomic E-state index is 14.6. The zero-order valence-electron chi connectivity index (χ0n) is 79.5. The number of rotatable bonds is 55. The van der Waals surface area contributed by atoms with Crippen molar-refractivity contribution in [1.82, 2.24) is 40.0 Å². The van der Waals surface area contributed by atoms with Gasteiger partial charge in [-0.25, -0.2) is 0 Å². The number of carbonyl (C=O) groups excluding carboxylic acids is 10. The van der Waals surface area contributed by atoms with Crippen molar-refractivity contribution in [3.05, 3.63) is 71.8 Å². The minimum Gasteiger partial charge on any atom is -0.481 e. The summed E-state index contributed by atoms with van der Waals surface area (Å²) in [6.45, 7) is 23.1. The van der Waals surface area contributed by atoms with Crippen molar-refractivity contribution in [3.63, 3.8) is 0 Å². The molecule has 6 aliphatic rings. The third-order valence-electron chi connectivity index (χ3n) is 29.0. The van der Waals surface area contributed by atoms with Crippen molar-refractivity contribution in [2.45, 2.75) is 362 Å². The van der Waals surface area contributed by atoms with Crippen LogP contribution >= 0.6 is 11.8 Å². The first-order valence-corrected chi connectivity index (χ1v) is 49.1. The Morgan fingerprint density at radius 2 is 0.898 bits per heavy atom. The number of fused-ring (bicyclic) bond motifs is 4. The van der Waals surface area contributed by atoms with E-state index in [2.05, 4.69) is 35.6 Å². The molecule has 128 heavy (non-hydrogen) atoms. The summed E-state index contributed by atoms with van der Waals surface area (Å²) in [4.78, 5) is 175. The molecule has 4 bridgehead atoms. The lowest BCUT2D eigenvalue weighted by Gasteiger charge is -2.41. The highest BCUT2D eigenvalue weighted by Gasteiger charge is 2.54. The van der Waals surface area contributed by atoms with Crippen LogP contribution in [0.15, 0.2) is 60.7 Å². The van der Waals surface area contributed by atoms with E-state index in [0.29, 0.717) is 76.4 Å². The number of likely N-dealkylation sites (tertiary alicyclic amines) is 4. The minimum absolute atomic E-state index is 0. The standard InChI is InChI=1S/C51H80N4O10.C48H78N4O8S.2CH4/c1-10-33(5)46(42(64-8)31-44(59)54-27-19-23-40(54)48(65-9)34(6)41(57)30-37(51(62)63)28-35-20-15-14-16-21-35)53(7)50(61)45(32(3)4)52-49(60)47-36-25-26-38(29-36)55(47)43(58)24-18-13-12-17-22-39(56)11-2;1-10-32(4)43(50(6)47(56)42(31(2)3)49-46(55)44-35-22-23-37(28-35)51(44)24-16-11-12-17-26-61-9)40(59-7)30-41(54)52-25-18-21-38(52)45(60-8)33(5)39(53)29-36(48(57)58)27-34-19-14-13-15-20-34;;/h14-16,20-21,32-34,36-38,40,42,45-48H,10-13,17-19,22-31H2,1-9H3,(H,52,60)(H,62,63);13-15,19-20,31-33,35-38,40,42-45H,10-12,16-18,21-30H2,1-9H3,(H,49,55)(H,57,58);2*1H4/t33-,34-,36-,37+,38-,40-,42+,45-,46-,47-,48+;32-,33-,35-,36+,37-,38-,40+,42-,43-,44-,45+;;/m00../s1. The second-order valence-electron chi connectivity index (χ2n) is 38.0. The van der Waals surface area contributed by atoms with Crippen molar-refractivity contribution in [2.75, 3.05) is 74.2 Å². The van der Waals surface area contributed by atoms with Gasteiger partial charge in [-0.15, -0.1) is 0 Å². The van der Waals surface area contributed by atoms with Crippen LogP contribution in [0.3, 0.4) is 0 Å². The first-order chi connectivity index (χ1) is 60.2. The molecule has 4 heterocycles. The molecule has 2 aromatic rings. The van der Waals surface area contributed by atoms with Crippen LogP contribution in [0.1, 0.15) is 276 Å². The van der Waals surface area contributed by atoms with Crippen LogP contribution in [0, 0.1) is 59.2 Å². The Morgan fingerprint density at radius 3 is 1.30 bits per heavy atom. The lowest BCUT2D eigenvalue weighted by Crippen LogP contribution is -2.60. The predicted molar refractivity (Wildman–Crippen MR) is 504 cm³/mol. The lowest BCUT2D eigenvalue weighted by molar-refractivity contribution is -0.149. The van der Waals surface area contributed by atoms with Gasteiger partial charge in [0.05, 0.1) is 79.3 Å². The van der Waals surface area contributed by atoms with Crippen LogP contribution in [0.25, 0.3) is 0 Å². The number of aliphatic carboxylic acids is 2. The SMILES string of the molecule is C.C.CCC(=O)CCCCCCC(=O)N1[C@H]2CC[C@@H](C2)[C@H]1C(=O)N[C@H](C(=O)N(C)[C@@H]([C@@H](C)CC)[C@@H](CC(=O)N1CCC[C@H]1[C@H](OC)[C@@H](C)C(=O)C[C@@H](Cc1ccccc1)C(=O)O)OC)C(C)C.CC[C@H](C)[C@@H]([C@@H](CC(=O)N1CCC[C@H]1[C@H](OC)[C@@H](C)C(=O)C[C@@H](Cc1ccccc1)C(=O)O)OC)N(C)C(=O)[C@@H](NC(=O)[C@@H]1[C@H]2CC[C@@H](C2)N1CCCCCCSC)C(C)C. The quantitative estimate of drug-likeness (QED) is 0.0447. The Balaban J connectivity index is 0.000000448. The van der Waals surface area contributed by atoms with Crippen molar-refractivity contribution in [1.29, 1.82) is 0 Å². The number of Topliss-reactive ketones (excluding diaryl/α,β-unsaturated/α-hetero) is 3. The predicted octanol–water partition coefficient (Wildman–Crippen LogP) is 14.6. The largest absolute Gasteiger partial charge is 0.481 e. The Labute approximate surface area is 772 Å². The molecule has 7 amide bonds. The number of piperidine rings is 2. The number of nitrogens with zero attached hydrogens (tertiary/aromatic N) is 6. The third-order valence-corrected chi connectivity index (χ3v) is 29.7. The molecule has 2 aromatic carbocycles. The number of unbranched alkanes of at least 4 members (excludes halogenated alkanes) is 6. The molecule has 0 spiro atoms. The molecular weight excluding hydrogens is 1650 g/mol. The summed E-state index contributed by atoms with van der Waals surface area (Å²) in [5.74, 6) is -5.55. The number of ketones is 3. The van der Waals surface area contributed by atoms with Crippen LogP contribution in [0.2, 0.25) is 0 Å². The number of nitrogens with one attached hydrogen (secondary N) is 2. The topological polar surface area (TPSA) is 326 Å². The molecule has 2 aliphatic carbocycles. The Kier molecular flexibility index (Phi) is 48.2. The van der Waals surface area contributed by atoms with Gasteiger partial charge in [0.1, 0.15) is 35.5 Å². The molecule has 4 aliphatic heterocycles. The van der Waals surface area contributed by atoms with E-state index in [-0.39, 0.29) is 160 Å². The molecule has 27 heteroatoms. The zero-order chi connectivity index (χ0) is 92.8. The normalized spacial score (nSPS) is 22.7. The van der Waals surface area contributed by atoms with Crippen molar-refractivity contribution in [2.24, 2.45) is 59.2 Å². The summed E-state index contributed by atoms with van der Waals surface area (Å²) in [7, 11) is 9.65. The van der Waals surface area contributed by atoms with Gasteiger partial charge >= 0.3 is 11.9 Å². The Bertz CT molecular complexity index is 3800. The van der Waals surface area contributed by atoms with Gasteiger partial charge in [-0.1, -0.05) is 190 Å². The van der Waals surface area contributed by atoms with Gasteiger partial charge in [0.2, 0.25) is 41.4 Å². The number of carboxylic acid groups (broad SMARTS) is 2. The van der Waals surface area contributed by atoms with Gasteiger partial charge in [0.15, 0.2) is 0 Å². The number of likely N-dealkylation sites (N-methyl/N-ethyl adjacent to an activating group) is 2. The summed E-state index contributed by atoms with van der Waals surface area (Å²) >= 11 is 1.89. The monoisotopic (exact) mass is 1810 g/mol. The minimum atomic E-state index is -1.04. The molecular formula is C101H166N8O18S. The summed E-state index contributed by atoms with van der Waals surface area (Å²) < 4.78 is 24.1. The highest BCUT2D eigenvalue weighted by molar-refractivity contribution is 7.98. The smallest absolute Gasteiger partial charge is 0.307 e. The van der Waals surface area contributed by atoms with E-state index in [4.69, 9.17) is 18.9 Å². The van der Waals surface area contributed by atoms with Crippen LogP contribution in [0.4, 0.5) is 0 Å². The van der Waals surface area contributed by atoms with E-state index in [0.717, 1.165) is 101 Å². The molecule has 2 saturated carbocycles. The van der Waals surface area contributed by atoms with Gasteiger partial charge in [-0.2, -0.15) is 11.8 Å². The fraction of sp³-hybridized carbons (Fsp3) is 0.762. The molecule has 724 valence electrons. The summed E-state index contributed by atoms with van der Waals surface area (Å²) in [6, 6.07) is 14.8. The van der Waals surface area contributed by atoms with Gasteiger partial charge in [0.25, 0.3) is 0 Å². The van der Waals surface area contributed by atoms with Crippen molar-refractivity contribution in [3.8, 4) is 0 Å². The van der Waals surface area contributed by atoms with Gasteiger partial charge < -0.3 is 64.3 Å². The molecule has 6 fully saturated rings. The molecule has 26 nitrogen and oxygen atoms in total. The lowest BCUT2D eigenvalue weighted by atomic mass is 9.85. The molecule has 0 aromatic heterocycles. The first-order valence-electron chi connectivity index (χ1n) is 47.7. The Hall–Kier alpha value is -7.17. The second-order valence-corrected chi connectivity index (χ2v) is 39.0. The van der Waals surface area contributed by atoms with Crippen LogP contribution in [-0.2, 0) is 89.3 Å². The number of amides is 7. The van der Waals surface area contributed by atoms with E-state index in [9.17, 15) is 67.7 Å². The molecule has 4 N–H and O–H groups in total. The van der Waals surface area contributed by atoms with Crippen LogP contribution in [0.5, 0.6) is 0 Å². The van der Waals surface area contributed by atoms with Crippen LogP contribution < -0.4 is 10.6 Å². The number of thioether (sulfide) groups is 1. The highest BCUT2D eigenvalue weighted by atomic mass is 32.2. The van der Waals surface area contributed by atoms with Gasteiger partial charge in [-0.05, 0) is 168 Å². The fourth-order valence-electron chi connectivity index (χ4n) is 21.4. The first kappa shape index (κ1) is 111. The van der Waals surface area contributed by atoms with Gasteiger partial charge in [0, 0.05) is 112 Å². The maximum Gasteiger partial charge on any atom is 0.307 e. The van der Waals surface area contributed by atoms with Crippen molar-refractivity contribution < 1.29 is 86.7 Å². The average molecular weight is 1810 g/mol. The number of benzene rings is 2.